The highest BCUT2D eigenvalue weighted by Crippen LogP contribution is 2.33. The van der Waals surface area contributed by atoms with Crippen LogP contribution in [0.2, 0.25) is 0 Å². The van der Waals surface area contributed by atoms with E-state index in [1.807, 2.05) is 21.9 Å². The van der Waals surface area contributed by atoms with Crippen LogP contribution in [0, 0.1) is 23.5 Å². The maximum Gasteiger partial charge on any atom is 0.257 e. The summed E-state index contributed by atoms with van der Waals surface area (Å²) in [5, 5.41) is 21.7. The van der Waals surface area contributed by atoms with E-state index < -0.39 is 23.8 Å². The van der Waals surface area contributed by atoms with E-state index in [-0.39, 0.29) is 72.6 Å². The van der Waals surface area contributed by atoms with Crippen molar-refractivity contribution >= 4 is 23.6 Å². The highest BCUT2D eigenvalue weighted by molar-refractivity contribution is 5.98. The van der Waals surface area contributed by atoms with E-state index in [2.05, 4.69) is 46.2 Å². The first kappa shape index (κ1) is 52.9. The molecule has 16 heteroatoms. The van der Waals surface area contributed by atoms with Crippen molar-refractivity contribution in [1.82, 2.24) is 29.4 Å². The Bertz CT molecular complexity index is 2470. The van der Waals surface area contributed by atoms with Gasteiger partial charge in [-0.25, -0.2) is 8.78 Å². The molecule has 4 amide bonds. The molecule has 0 saturated carbocycles. The van der Waals surface area contributed by atoms with Crippen molar-refractivity contribution in [3.63, 3.8) is 0 Å². The topological polar surface area (TPSA) is 147 Å². The van der Waals surface area contributed by atoms with Gasteiger partial charge in [-0.3, -0.25) is 29.0 Å². The van der Waals surface area contributed by atoms with Crippen LogP contribution in [0.4, 0.5) is 8.78 Å². The van der Waals surface area contributed by atoms with Gasteiger partial charge in [0.05, 0.1) is 36.4 Å². The molecule has 0 aliphatic carbocycles. The predicted molar refractivity (Wildman–Crippen MR) is 276 cm³/mol. The maximum atomic E-state index is 15.0. The third-order valence-corrected chi connectivity index (χ3v) is 15.8. The van der Waals surface area contributed by atoms with E-state index in [0.29, 0.717) is 77.0 Å². The van der Waals surface area contributed by atoms with Crippen LogP contribution in [-0.2, 0) is 48.4 Å². The molecule has 2 saturated heterocycles. The van der Waals surface area contributed by atoms with E-state index in [1.165, 1.54) is 34.4 Å². The zero-order chi connectivity index (χ0) is 51.9. The normalized spacial score (nSPS) is 19.6. The summed E-state index contributed by atoms with van der Waals surface area (Å²) in [5.74, 6) is -0.785. The smallest absolute Gasteiger partial charge is 0.257 e. The largest absolute Gasteiger partial charge is 0.488 e. The van der Waals surface area contributed by atoms with Gasteiger partial charge in [0, 0.05) is 92.4 Å². The van der Waals surface area contributed by atoms with Crippen LogP contribution >= 0.6 is 0 Å². The van der Waals surface area contributed by atoms with Gasteiger partial charge in [0.15, 0.2) is 23.1 Å². The first-order valence-electron chi connectivity index (χ1n) is 26.7. The number of hydrogen-bond acceptors (Lipinski definition) is 10. The van der Waals surface area contributed by atoms with Gasteiger partial charge in [0.25, 0.3) is 11.8 Å². The maximum absolute atomic E-state index is 15.0. The number of amides is 4. The molecule has 6 aliphatic rings. The van der Waals surface area contributed by atoms with Gasteiger partial charge in [-0.15, -0.1) is 0 Å². The Morgan fingerprint density at radius 1 is 0.554 bits per heavy atom. The molecule has 2 N–H and O–H groups in total. The summed E-state index contributed by atoms with van der Waals surface area (Å²) in [4.78, 5) is 61.4. The number of carbonyl (C=O) groups excluding carboxylic acids is 4. The van der Waals surface area contributed by atoms with Gasteiger partial charge >= 0.3 is 0 Å². The van der Waals surface area contributed by atoms with Crippen LogP contribution in [-0.4, -0.2) is 167 Å². The molecular weight excluding hydrogens is 947 g/mol. The standard InChI is InChI=1S/2C29H36FN3O4/c2*1-20(34)32-10-6-21(7-11-32)14-22-15-26-28(27(30)16-22)37-13-12-33(29(26)36)19-25(35)18-31-9-8-23-4-2-3-5-24(23)17-31/h2*2-5,15-16,21,25,35H,6-14,17-19H2,1H3/t2*25-/m10/s1. The third-order valence-electron chi connectivity index (χ3n) is 15.8. The van der Waals surface area contributed by atoms with Crippen molar-refractivity contribution in [3.8, 4) is 11.5 Å². The number of piperidine rings is 2. The lowest BCUT2D eigenvalue weighted by Gasteiger charge is -2.32. The summed E-state index contributed by atoms with van der Waals surface area (Å²) in [6.07, 6.45) is 5.23. The first-order chi connectivity index (χ1) is 35.7. The molecule has 0 radical (unpaired) electrons. The van der Waals surface area contributed by atoms with Gasteiger partial charge in [-0.05, 0) is 121 Å². The number of aliphatic hydroxyl groups excluding tert-OH is 2. The molecule has 0 unspecified atom stereocenters. The monoisotopic (exact) mass is 1020 g/mol. The van der Waals surface area contributed by atoms with Crippen molar-refractivity contribution in [2.24, 2.45) is 11.8 Å². The lowest BCUT2D eigenvalue weighted by molar-refractivity contribution is -0.131. The molecule has 0 bridgehead atoms. The molecule has 4 aromatic carbocycles. The number of β-amino-alcohol motifs (C(OH)–C–C–N with tert-alkyl or cyclic N) is 2. The third kappa shape index (κ3) is 13.1. The Labute approximate surface area is 433 Å². The predicted octanol–water partition coefficient (Wildman–Crippen LogP) is 5.76. The van der Waals surface area contributed by atoms with Gasteiger partial charge in [-0.1, -0.05) is 48.5 Å². The molecule has 4 aromatic rings. The Hall–Kier alpha value is -5.94. The molecule has 6 heterocycles. The van der Waals surface area contributed by atoms with Crippen LogP contribution < -0.4 is 9.47 Å². The van der Waals surface area contributed by atoms with Gasteiger partial charge in [0.2, 0.25) is 11.8 Å². The van der Waals surface area contributed by atoms with E-state index in [1.54, 1.807) is 35.8 Å². The van der Waals surface area contributed by atoms with Crippen molar-refractivity contribution in [2.75, 3.05) is 91.8 Å². The molecule has 10 rings (SSSR count). The Morgan fingerprint density at radius 2 is 0.932 bits per heavy atom. The summed E-state index contributed by atoms with van der Waals surface area (Å²) < 4.78 is 41.4. The second kappa shape index (κ2) is 24.2. The zero-order valence-corrected chi connectivity index (χ0v) is 43.0. The van der Waals surface area contributed by atoms with Gasteiger partial charge in [-0.2, -0.15) is 0 Å². The van der Waals surface area contributed by atoms with Crippen molar-refractivity contribution < 1.29 is 47.6 Å². The Kier molecular flexibility index (Phi) is 17.3. The second-order valence-electron chi connectivity index (χ2n) is 21.2. The Morgan fingerprint density at radius 3 is 1.31 bits per heavy atom. The molecule has 396 valence electrons. The molecule has 0 spiro atoms. The minimum Gasteiger partial charge on any atom is -0.488 e. The lowest BCUT2D eigenvalue weighted by Crippen LogP contribution is -2.44. The van der Waals surface area contributed by atoms with Crippen molar-refractivity contribution in [2.45, 2.75) is 90.5 Å². The number of benzene rings is 4. The van der Waals surface area contributed by atoms with Crippen molar-refractivity contribution in [3.05, 3.63) is 129 Å². The fourth-order valence-corrected chi connectivity index (χ4v) is 11.8. The van der Waals surface area contributed by atoms with Crippen LogP contribution in [0.5, 0.6) is 11.5 Å². The minimum absolute atomic E-state index is 0.00442. The second-order valence-corrected chi connectivity index (χ2v) is 21.2. The number of carbonyl (C=O) groups is 4. The van der Waals surface area contributed by atoms with Gasteiger partial charge in [0.1, 0.15) is 13.2 Å². The quantitative estimate of drug-likeness (QED) is 0.180. The van der Waals surface area contributed by atoms with E-state index in [4.69, 9.17) is 9.47 Å². The average Bonchev–Trinajstić information content (AvgIpc) is 3.64. The molecular formula is C58H72F2N6O8. The molecule has 2 atom stereocenters. The first-order valence-corrected chi connectivity index (χ1v) is 26.7. The number of fused-ring (bicyclic) bond motifs is 4. The highest BCUT2D eigenvalue weighted by Gasteiger charge is 2.32. The summed E-state index contributed by atoms with van der Waals surface area (Å²) in [6, 6.07) is 23.2. The highest BCUT2D eigenvalue weighted by atomic mass is 19.1. The molecule has 6 aliphatic heterocycles. The summed E-state index contributed by atoms with van der Waals surface area (Å²) >= 11 is 0. The van der Waals surface area contributed by atoms with Crippen LogP contribution in [0.3, 0.4) is 0 Å². The number of aliphatic hydroxyl groups is 2. The molecule has 74 heavy (non-hydrogen) atoms. The number of likely N-dealkylation sites (tertiary alicyclic amines) is 2. The van der Waals surface area contributed by atoms with Crippen LogP contribution in [0.15, 0.2) is 72.8 Å². The number of nitrogens with zero attached hydrogens (tertiary/aromatic N) is 6. The number of rotatable bonds is 12. The zero-order valence-electron chi connectivity index (χ0n) is 43.0. The van der Waals surface area contributed by atoms with Gasteiger partial charge < -0.3 is 39.3 Å². The van der Waals surface area contributed by atoms with E-state index in [0.717, 1.165) is 75.8 Å². The fourth-order valence-electron chi connectivity index (χ4n) is 11.8. The lowest BCUT2D eigenvalue weighted by atomic mass is 9.89. The van der Waals surface area contributed by atoms with E-state index in [9.17, 15) is 29.4 Å². The SMILES string of the molecule is CC(=O)N1CCC(Cc2cc(F)c3c(c2)C(=O)N(C[C@@H](O)CN2CCc4ccccc4C2)CCO3)CC1.CC(=O)N1CCC(Cc2cc(F)c3c(c2)C(=O)N(C[C@H](O)CN2CCc4ccccc4C2)CCO3)CC1. The molecule has 2 fully saturated rings. The fraction of sp³-hybridized carbons (Fsp3) is 0.517. The minimum atomic E-state index is -0.713. The van der Waals surface area contributed by atoms with Crippen LogP contribution in [0.1, 0.15) is 93.6 Å². The number of halogens is 2. The number of ether oxygens (including phenoxy) is 2. The molecule has 0 aromatic heterocycles. The van der Waals surface area contributed by atoms with E-state index >= 15 is 8.78 Å². The number of hydrogen-bond donors (Lipinski definition) is 2. The van der Waals surface area contributed by atoms with Crippen molar-refractivity contribution in [1.29, 1.82) is 0 Å². The summed E-state index contributed by atoms with van der Waals surface area (Å²) in [5.41, 5.74) is 7.26. The summed E-state index contributed by atoms with van der Waals surface area (Å²) in [6.45, 7) is 11.6. The van der Waals surface area contributed by atoms with Crippen LogP contribution in [0.25, 0.3) is 0 Å². The Balaban J connectivity index is 0.000000182. The average molecular weight is 1020 g/mol. The summed E-state index contributed by atoms with van der Waals surface area (Å²) in [7, 11) is 0. The molecule has 14 nitrogen and oxygen atoms in total.